The van der Waals surface area contributed by atoms with Gasteiger partial charge < -0.3 is 9.47 Å². The smallest absolute Gasteiger partial charge is 0.324 e. The molecule has 5 nitrogen and oxygen atoms in total. The van der Waals surface area contributed by atoms with Crippen molar-refractivity contribution in [2.75, 3.05) is 14.2 Å². The van der Waals surface area contributed by atoms with E-state index in [0.29, 0.717) is 12.8 Å². The summed E-state index contributed by atoms with van der Waals surface area (Å²) in [4.78, 5) is 12.2. The van der Waals surface area contributed by atoms with Gasteiger partial charge >= 0.3 is 5.97 Å². The number of sulfone groups is 1. The topological polar surface area (TPSA) is 69.7 Å². The van der Waals surface area contributed by atoms with Gasteiger partial charge in [-0.05, 0) is 56.0 Å². The second-order valence-corrected chi connectivity index (χ2v) is 8.24. The van der Waals surface area contributed by atoms with Crippen molar-refractivity contribution in [2.45, 2.75) is 36.3 Å². The van der Waals surface area contributed by atoms with Gasteiger partial charge in [0.1, 0.15) is 5.75 Å². The van der Waals surface area contributed by atoms with Crippen molar-refractivity contribution < 1.29 is 22.7 Å². The van der Waals surface area contributed by atoms with Crippen molar-refractivity contribution >= 4 is 15.8 Å². The fourth-order valence-corrected chi connectivity index (χ4v) is 4.38. The van der Waals surface area contributed by atoms with Gasteiger partial charge in [0.25, 0.3) is 0 Å². The SMILES string of the molecule is COC(=O)[C@@H](CCCc1ccc(OC)cc1)S(=O)(=O)c1ccc(C)cc1. The molecule has 2 rings (SSSR count). The average molecular weight is 376 g/mol. The summed E-state index contributed by atoms with van der Waals surface area (Å²) >= 11 is 0. The highest BCUT2D eigenvalue weighted by molar-refractivity contribution is 7.92. The Morgan fingerprint density at radius 3 is 2.15 bits per heavy atom. The maximum absolute atomic E-state index is 12.9. The largest absolute Gasteiger partial charge is 0.497 e. The van der Waals surface area contributed by atoms with E-state index < -0.39 is 21.1 Å². The summed E-state index contributed by atoms with van der Waals surface area (Å²) in [5.41, 5.74) is 2.01. The minimum Gasteiger partial charge on any atom is -0.497 e. The van der Waals surface area contributed by atoms with Gasteiger partial charge in [-0.1, -0.05) is 29.8 Å². The Morgan fingerprint density at radius 1 is 1.00 bits per heavy atom. The second-order valence-electron chi connectivity index (χ2n) is 6.11. The minimum atomic E-state index is -3.79. The molecule has 0 spiro atoms. The van der Waals surface area contributed by atoms with E-state index in [2.05, 4.69) is 0 Å². The number of hydrogen-bond acceptors (Lipinski definition) is 5. The van der Waals surface area contributed by atoms with Crippen LogP contribution in [0.15, 0.2) is 53.4 Å². The van der Waals surface area contributed by atoms with Crippen LogP contribution in [0.3, 0.4) is 0 Å². The van der Waals surface area contributed by atoms with Crippen LogP contribution in [0.4, 0.5) is 0 Å². The zero-order valence-electron chi connectivity index (χ0n) is 15.3. The van der Waals surface area contributed by atoms with Gasteiger partial charge in [-0.3, -0.25) is 4.79 Å². The van der Waals surface area contributed by atoms with Crippen LogP contribution >= 0.6 is 0 Å². The lowest BCUT2D eigenvalue weighted by Crippen LogP contribution is -2.31. The summed E-state index contributed by atoms with van der Waals surface area (Å²) in [5.74, 6) is 0.0449. The number of carbonyl (C=O) groups is 1. The third-order valence-electron chi connectivity index (χ3n) is 4.28. The molecule has 0 saturated heterocycles. The predicted octanol–water partition coefficient (Wildman–Crippen LogP) is 3.34. The number of methoxy groups -OCH3 is 2. The van der Waals surface area contributed by atoms with Crippen LogP contribution in [0.1, 0.15) is 24.0 Å². The number of ether oxygens (including phenoxy) is 2. The van der Waals surface area contributed by atoms with Crippen molar-refractivity contribution in [3.05, 3.63) is 59.7 Å². The second kappa shape index (κ2) is 8.85. The zero-order valence-corrected chi connectivity index (χ0v) is 16.1. The van der Waals surface area contributed by atoms with Crippen molar-refractivity contribution in [1.82, 2.24) is 0 Å². The summed E-state index contributed by atoms with van der Waals surface area (Å²) in [6.07, 6.45) is 1.42. The molecule has 0 bridgehead atoms. The van der Waals surface area contributed by atoms with E-state index in [1.54, 1.807) is 19.2 Å². The number of esters is 1. The molecule has 0 amide bonds. The molecule has 0 aromatic heterocycles. The van der Waals surface area contributed by atoms with Crippen LogP contribution in [-0.2, 0) is 25.8 Å². The molecule has 0 saturated carbocycles. The maximum atomic E-state index is 12.9. The van der Waals surface area contributed by atoms with Gasteiger partial charge in [0.15, 0.2) is 15.1 Å². The summed E-state index contributed by atoms with van der Waals surface area (Å²) in [7, 11) is -0.974. The summed E-state index contributed by atoms with van der Waals surface area (Å²) in [6.45, 7) is 1.88. The van der Waals surface area contributed by atoms with Crippen LogP contribution < -0.4 is 4.74 Å². The molecule has 6 heteroatoms. The highest BCUT2D eigenvalue weighted by Crippen LogP contribution is 2.22. The van der Waals surface area contributed by atoms with Crippen LogP contribution in [-0.4, -0.2) is 33.9 Å². The van der Waals surface area contributed by atoms with Crippen LogP contribution in [0.25, 0.3) is 0 Å². The lowest BCUT2D eigenvalue weighted by molar-refractivity contribution is -0.140. The molecular weight excluding hydrogens is 352 g/mol. The summed E-state index contributed by atoms with van der Waals surface area (Å²) < 4.78 is 35.6. The lowest BCUT2D eigenvalue weighted by atomic mass is 10.1. The molecule has 0 aliphatic rings. The number of benzene rings is 2. The Hall–Kier alpha value is -2.34. The van der Waals surface area contributed by atoms with Crippen molar-refractivity contribution in [3.8, 4) is 5.75 Å². The molecule has 0 aliphatic carbocycles. The first-order chi connectivity index (χ1) is 12.4. The van der Waals surface area contributed by atoms with E-state index in [1.165, 1.54) is 19.2 Å². The van der Waals surface area contributed by atoms with Gasteiger partial charge in [-0.25, -0.2) is 8.42 Å². The first-order valence-electron chi connectivity index (χ1n) is 8.40. The Labute approximate surface area is 154 Å². The Kier molecular flexibility index (Phi) is 6.80. The number of aryl methyl sites for hydroxylation is 2. The first kappa shape index (κ1) is 20.0. The van der Waals surface area contributed by atoms with E-state index in [0.717, 1.165) is 16.9 Å². The highest BCUT2D eigenvalue weighted by Gasteiger charge is 2.34. The molecular formula is C20H24O5S. The molecule has 0 fully saturated rings. The Bertz CT molecular complexity index is 824. The molecule has 0 heterocycles. The van der Waals surface area contributed by atoms with Crippen LogP contribution in [0.2, 0.25) is 0 Å². The number of hydrogen-bond donors (Lipinski definition) is 0. The first-order valence-corrected chi connectivity index (χ1v) is 9.94. The van der Waals surface area contributed by atoms with Crippen molar-refractivity contribution in [3.63, 3.8) is 0 Å². The maximum Gasteiger partial charge on any atom is 0.324 e. The number of rotatable bonds is 8. The molecule has 140 valence electrons. The lowest BCUT2D eigenvalue weighted by Gasteiger charge is -2.16. The normalized spacial score (nSPS) is 12.4. The third kappa shape index (κ3) is 4.85. The van der Waals surface area contributed by atoms with E-state index >= 15 is 0 Å². The van der Waals surface area contributed by atoms with Gasteiger partial charge in [0.05, 0.1) is 19.1 Å². The number of carbonyl (C=O) groups excluding carboxylic acids is 1. The molecule has 2 aromatic carbocycles. The fraction of sp³-hybridized carbons (Fsp3) is 0.350. The molecule has 2 aromatic rings. The average Bonchev–Trinajstić information content (AvgIpc) is 2.65. The monoisotopic (exact) mass is 376 g/mol. The third-order valence-corrected chi connectivity index (χ3v) is 6.39. The van der Waals surface area contributed by atoms with Crippen molar-refractivity contribution in [2.24, 2.45) is 0 Å². The fourth-order valence-electron chi connectivity index (χ4n) is 2.71. The van der Waals surface area contributed by atoms with Gasteiger partial charge in [-0.2, -0.15) is 0 Å². The molecule has 0 unspecified atom stereocenters. The minimum absolute atomic E-state index is 0.142. The van der Waals surface area contributed by atoms with E-state index in [9.17, 15) is 13.2 Å². The van der Waals surface area contributed by atoms with Gasteiger partial charge in [-0.15, -0.1) is 0 Å². The molecule has 26 heavy (non-hydrogen) atoms. The molecule has 0 aliphatic heterocycles. The van der Waals surface area contributed by atoms with Gasteiger partial charge in [0.2, 0.25) is 0 Å². The zero-order chi connectivity index (χ0) is 19.2. The predicted molar refractivity (Wildman–Crippen MR) is 100 cm³/mol. The van der Waals surface area contributed by atoms with Gasteiger partial charge in [0, 0.05) is 0 Å². The van der Waals surface area contributed by atoms with Crippen molar-refractivity contribution in [1.29, 1.82) is 0 Å². The molecule has 1 atom stereocenters. The standard InChI is InChI=1S/C20H24O5S/c1-15-7-13-18(14-8-15)26(22,23)19(20(21)25-3)6-4-5-16-9-11-17(24-2)12-10-16/h7-14,19H,4-6H2,1-3H3/t19-/m1/s1. The quantitative estimate of drug-likeness (QED) is 0.661. The summed E-state index contributed by atoms with van der Waals surface area (Å²) in [5, 5.41) is -1.20. The van der Waals surface area contributed by atoms with E-state index in [4.69, 9.17) is 9.47 Å². The summed E-state index contributed by atoms with van der Waals surface area (Å²) in [6, 6.07) is 14.1. The molecule has 0 N–H and O–H groups in total. The van der Waals surface area contributed by atoms with Crippen LogP contribution in [0.5, 0.6) is 5.75 Å². The van der Waals surface area contributed by atoms with E-state index in [-0.39, 0.29) is 11.3 Å². The Morgan fingerprint density at radius 2 is 1.62 bits per heavy atom. The Balaban J connectivity index is 2.11. The molecule has 0 radical (unpaired) electrons. The highest BCUT2D eigenvalue weighted by atomic mass is 32.2. The van der Waals surface area contributed by atoms with Crippen LogP contribution in [0, 0.1) is 6.92 Å². The van der Waals surface area contributed by atoms with E-state index in [1.807, 2.05) is 31.2 Å².